The number of hydrogen-bond acceptors (Lipinski definition) is 4. The van der Waals surface area contributed by atoms with Gasteiger partial charge in [0, 0.05) is 57.4 Å². The number of rotatable bonds is 4. The van der Waals surface area contributed by atoms with E-state index in [4.69, 9.17) is 5.73 Å². The number of carbonyl (C=O) groups is 1. The minimum atomic E-state index is -0.218. The number of piperazine rings is 1. The Labute approximate surface area is 180 Å². The summed E-state index contributed by atoms with van der Waals surface area (Å²) >= 11 is 0. The zero-order valence-corrected chi connectivity index (χ0v) is 18.4. The summed E-state index contributed by atoms with van der Waals surface area (Å²) < 4.78 is 13.0. The van der Waals surface area contributed by atoms with Crippen molar-refractivity contribution in [3.63, 3.8) is 0 Å². The topological polar surface area (TPSA) is 52.8 Å². The molecule has 2 aliphatic rings. The number of nitrogens with zero attached hydrogens (tertiary/aromatic N) is 3. The molecule has 8 heteroatoms. The Balaban J connectivity index is 0.00000196. The summed E-state index contributed by atoms with van der Waals surface area (Å²) in [7, 11) is 0. The number of amides is 1. The lowest BCUT2D eigenvalue weighted by molar-refractivity contribution is -0.132. The van der Waals surface area contributed by atoms with Crippen molar-refractivity contribution in [2.75, 3.05) is 50.7 Å². The van der Waals surface area contributed by atoms with Gasteiger partial charge in [-0.2, -0.15) is 0 Å². The molecule has 2 fully saturated rings. The monoisotopic (exact) mass is 434 g/mol. The van der Waals surface area contributed by atoms with Gasteiger partial charge in [0.05, 0.1) is 0 Å². The van der Waals surface area contributed by atoms with Crippen LogP contribution in [0.5, 0.6) is 0 Å². The van der Waals surface area contributed by atoms with Gasteiger partial charge in [0.15, 0.2) is 0 Å². The first-order valence-corrected chi connectivity index (χ1v) is 9.61. The zero-order chi connectivity index (χ0) is 18.7. The van der Waals surface area contributed by atoms with Crippen LogP contribution in [0.2, 0.25) is 0 Å². The normalized spacial score (nSPS) is 22.2. The van der Waals surface area contributed by atoms with Crippen LogP contribution in [0, 0.1) is 11.2 Å². The van der Waals surface area contributed by atoms with Gasteiger partial charge >= 0.3 is 0 Å². The van der Waals surface area contributed by atoms with Crippen molar-refractivity contribution < 1.29 is 9.18 Å². The molecule has 0 spiro atoms. The predicted octanol–water partition coefficient (Wildman–Crippen LogP) is 2.77. The van der Waals surface area contributed by atoms with E-state index in [-0.39, 0.29) is 48.0 Å². The number of piperidine rings is 1. The number of benzene rings is 1. The molecular weight excluding hydrogens is 402 g/mol. The molecule has 160 valence electrons. The highest BCUT2D eigenvalue weighted by atomic mass is 35.5. The van der Waals surface area contributed by atoms with Gasteiger partial charge in [0.2, 0.25) is 5.91 Å². The summed E-state index contributed by atoms with van der Waals surface area (Å²) in [5, 5.41) is 0. The van der Waals surface area contributed by atoms with Gasteiger partial charge in [-0.05, 0) is 42.6 Å². The summed E-state index contributed by atoms with van der Waals surface area (Å²) in [5.41, 5.74) is 7.32. The summed E-state index contributed by atoms with van der Waals surface area (Å²) in [6.07, 6.45) is 1.57. The number of halogens is 3. The minimum absolute atomic E-state index is 0. The molecule has 1 amide bonds. The van der Waals surface area contributed by atoms with Gasteiger partial charge in [-0.15, -0.1) is 24.8 Å². The van der Waals surface area contributed by atoms with Crippen molar-refractivity contribution in [2.24, 2.45) is 11.1 Å². The SMILES string of the molecule is CC1(C)CN(CCC(=O)N2CCN(c3ccc(F)cc3)CC2)CCC1N.Cl.Cl. The lowest BCUT2D eigenvalue weighted by atomic mass is 9.79. The largest absolute Gasteiger partial charge is 0.368 e. The van der Waals surface area contributed by atoms with E-state index in [1.165, 1.54) is 12.1 Å². The van der Waals surface area contributed by atoms with Crippen molar-refractivity contribution in [2.45, 2.75) is 32.7 Å². The molecule has 0 aliphatic carbocycles. The Morgan fingerprint density at radius 3 is 2.29 bits per heavy atom. The van der Waals surface area contributed by atoms with Crippen LogP contribution in [0.4, 0.5) is 10.1 Å². The molecule has 0 bridgehead atoms. The van der Waals surface area contributed by atoms with E-state index in [0.29, 0.717) is 6.42 Å². The Bertz CT molecular complexity index is 621. The molecule has 3 rings (SSSR count). The number of nitrogens with two attached hydrogens (primary N) is 1. The molecule has 0 saturated carbocycles. The summed E-state index contributed by atoms with van der Waals surface area (Å²) in [6, 6.07) is 6.82. The molecule has 0 radical (unpaired) electrons. The van der Waals surface area contributed by atoms with Crippen LogP contribution in [0.15, 0.2) is 24.3 Å². The second kappa shape index (κ2) is 10.6. The highest BCUT2D eigenvalue weighted by Gasteiger charge is 2.33. The van der Waals surface area contributed by atoms with Crippen LogP contribution in [0.1, 0.15) is 26.7 Å². The van der Waals surface area contributed by atoms with Crippen molar-refractivity contribution in [3.05, 3.63) is 30.1 Å². The van der Waals surface area contributed by atoms with Gasteiger partial charge in [-0.3, -0.25) is 4.79 Å². The average Bonchev–Trinajstić information content (AvgIpc) is 2.63. The van der Waals surface area contributed by atoms with E-state index in [1.54, 1.807) is 12.1 Å². The molecule has 1 atom stereocenters. The number of hydrogen-bond donors (Lipinski definition) is 1. The molecule has 2 saturated heterocycles. The molecule has 2 N–H and O–H groups in total. The first-order valence-electron chi connectivity index (χ1n) is 9.61. The molecule has 5 nitrogen and oxygen atoms in total. The van der Waals surface area contributed by atoms with E-state index in [9.17, 15) is 9.18 Å². The maximum atomic E-state index is 13.0. The van der Waals surface area contributed by atoms with E-state index in [2.05, 4.69) is 23.6 Å². The lowest BCUT2D eigenvalue weighted by Gasteiger charge is -2.43. The maximum absolute atomic E-state index is 13.0. The summed E-state index contributed by atoms with van der Waals surface area (Å²) in [4.78, 5) is 19.1. The molecule has 1 unspecified atom stereocenters. The maximum Gasteiger partial charge on any atom is 0.223 e. The third-order valence-corrected chi connectivity index (χ3v) is 5.86. The van der Waals surface area contributed by atoms with Crippen molar-refractivity contribution in [1.82, 2.24) is 9.80 Å². The first kappa shape index (κ1) is 25.0. The molecule has 0 aromatic heterocycles. The van der Waals surface area contributed by atoms with Gasteiger partial charge in [-0.1, -0.05) is 13.8 Å². The molecule has 1 aromatic rings. The van der Waals surface area contributed by atoms with E-state index in [1.807, 2.05) is 4.90 Å². The smallest absolute Gasteiger partial charge is 0.223 e. The van der Waals surface area contributed by atoms with Crippen LogP contribution < -0.4 is 10.6 Å². The van der Waals surface area contributed by atoms with Crippen molar-refractivity contribution in [1.29, 1.82) is 0 Å². The Hall–Kier alpha value is -1.08. The van der Waals surface area contributed by atoms with E-state index < -0.39 is 0 Å². The third-order valence-electron chi connectivity index (χ3n) is 5.86. The first-order chi connectivity index (χ1) is 12.3. The molecular formula is C20H33Cl2FN4O. The van der Waals surface area contributed by atoms with Gasteiger partial charge in [0.25, 0.3) is 0 Å². The summed E-state index contributed by atoms with van der Waals surface area (Å²) in [5.74, 6) is 0.0147. The standard InChI is InChI=1S/C20H31FN4O.2ClH/c1-20(2)15-23(9-7-18(20)22)10-8-19(26)25-13-11-24(12-14-25)17-5-3-16(21)4-6-17;;/h3-6,18H,7-15,22H2,1-2H3;2*1H. The number of anilines is 1. The minimum Gasteiger partial charge on any atom is -0.368 e. The van der Waals surface area contributed by atoms with Gasteiger partial charge < -0.3 is 20.4 Å². The highest BCUT2D eigenvalue weighted by molar-refractivity contribution is 5.85. The van der Waals surface area contributed by atoms with E-state index >= 15 is 0 Å². The molecule has 1 aromatic carbocycles. The molecule has 2 aliphatic heterocycles. The van der Waals surface area contributed by atoms with Gasteiger partial charge in [-0.25, -0.2) is 4.39 Å². The fourth-order valence-electron chi connectivity index (χ4n) is 3.95. The fourth-order valence-corrected chi connectivity index (χ4v) is 3.95. The second-order valence-electron chi connectivity index (χ2n) is 8.25. The molecule has 2 heterocycles. The predicted molar refractivity (Wildman–Crippen MR) is 117 cm³/mol. The van der Waals surface area contributed by atoms with Crippen LogP contribution in [-0.4, -0.2) is 67.6 Å². The third kappa shape index (κ3) is 6.21. The van der Waals surface area contributed by atoms with Crippen molar-refractivity contribution in [3.8, 4) is 0 Å². The van der Waals surface area contributed by atoms with Gasteiger partial charge in [0.1, 0.15) is 5.82 Å². The quantitative estimate of drug-likeness (QED) is 0.791. The van der Waals surface area contributed by atoms with Crippen molar-refractivity contribution >= 4 is 36.4 Å². The summed E-state index contributed by atoms with van der Waals surface area (Å²) in [6.45, 7) is 10.2. The average molecular weight is 435 g/mol. The Morgan fingerprint density at radius 2 is 1.71 bits per heavy atom. The van der Waals surface area contributed by atoms with Crippen LogP contribution in [-0.2, 0) is 4.79 Å². The van der Waals surface area contributed by atoms with E-state index in [0.717, 1.165) is 57.9 Å². The Kier molecular flexibility index (Phi) is 9.47. The molecule has 28 heavy (non-hydrogen) atoms. The van der Waals surface area contributed by atoms with Crippen LogP contribution in [0.25, 0.3) is 0 Å². The van der Waals surface area contributed by atoms with Crippen LogP contribution in [0.3, 0.4) is 0 Å². The fraction of sp³-hybridized carbons (Fsp3) is 0.650. The number of carbonyl (C=O) groups excluding carboxylic acids is 1. The lowest BCUT2D eigenvalue weighted by Crippen LogP contribution is -2.53. The number of likely N-dealkylation sites (tertiary alicyclic amines) is 1. The second-order valence-corrected chi connectivity index (χ2v) is 8.25. The Morgan fingerprint density at radius 1 is 1.11 bits per heavy atom. The van der Waals surface area contributed by atoms with Crippen LogP contribution >= 0.6 is 24.8 Å². The zero-order valence-electron chi connectivity index (χ0n) is 16.8. The highest BCUT2D eigenvalue weighted by Crippen LogP contribution is 2.27.